The Bertz CT molecular complexity index is 332. The zero-order valence-corrected chi connectivity index (χ0v) is 12.3. The highest BCUT2D eigenvalue weighted by atomic mass is 16.5. The maximum Gasteiger partial charge on any atom is 0.213 e. The molecule has 6 nitrogen and oxygen atoms in total. The maximum atomic E-state index is 5.42. The van der Waals surface area contributed by atoms with E-state index in [0.717, 1.165) is 12.2 Å². The van der Waals surface area contributed by atoms with Gasteiger partial charge in [-0.25, -0.2) is 4.98 Å². The van der Waals surface area contributed by atoms with Gasteiger partial charge < -0.3 is 24.3 Å². The third-order valence-electron chi connectivity index (χ3n) is 2.41. The van der Waals surface area contributed by atoms with E-state index in [1.165, 1.54) is 0 Å². The molecule has 0 aliphatic rings. The molecule has 1 aromatic rings. The largest absolute Gasteiger partial charge is 0.478 e. The number of ether oxygens (including phenoxy) is 4. The number of anilines is 1. The summed E-state index contributed by atoms with van der Waals surface area (Å²) >= 11 is 0. The van der Waals surface area contributed by atoms with Crippen molar-refractivity contribution in [1.29, 1.82) is 0 Å². The second-order valence-corrected chi connectivity index (χ2v) is 3.96. The molecule has 20 heavy (non-hydrogen) atoms. The minimum Gasteiger partial charge on any atom is -0.478 e. The smallest absolute Gasteiger partial charge is 0.213 e. The summed E-state index contributed by atoms with van der Waals surface area (Å²) in [5, 5.41) is 3.22. The van der Waals surface area contributed by atoms with Crippen LogP contribution in [0.25, 0.3) is 0 Å². The molecule has 1 aromatic heterocycles. The van der Waals surface area contributed by atoms with Gasteiger partial charge in [-0.15, -0.1) is 0 Å². The molecular formula is C14H24N2O4. The van der Waals surface area contributed by atoms with Gasteiger partial charge in [-0.05, 0) is 13.0 Å². The van der Waals surface area contributed by atoms with E-state index in [4.69, 9.17) is 18.9 Å². The number of rotatable bonds is 12. The molecule has 0 atom stereocenters. The summed E-state index contributed by atoms with van der Waals surface area (Å²) in [5.41, 5.74) is 0.952. The van der Waals surface area contributed by atoms with Crippen LogP contribution < -0.4 is 10.1 Å². The van der Waals surface area contributed by atoms with Gasteiger partial charge in [-0.3, -0.25) is 0 Å². The molecule has 0 amide bonds. The van der Waals surface area contributed by atoms with Gasteiger partial charge in [0.05, 0.1) is 51.5 Å². The lowest BCUT2D eigenvalue weighted by atomic mass is 10.4. The summed E-state index contributed by atoms with van der Waals surface area (Å²) in [6.45, 7) is 6.32. The highest BCUT2D eigenvalue weighted by Gasteiger charge is 1.96. The topological polar surface area (TPSA) is 61.8 Å². The van der Waals surface area contributed by atoms with E-state index in [0.29, 0.717) is 45.5 Å². The predicted molar refractivity (Wildman–Crippen MR) is 77.4 cm³/mol. The van der Waals surface area contributed by atoms with Crippen molar-refractivity contribution in [1.82, 2.24) is 4.98 Å². The van der Waals surface area contributed by atoms with Gasteiger partial charge in [0.1, 0.15) is 0 Å². The number of nitrogens with zero attached hydrogens (tertiary/aromatic N) is 1. The van der Waals surface area contributed by atoms with Crippen LogP contribution in [-0.4, -0.2) is 58.3 Å². The minimum absolute atomic E-state index is 0.590. The fraction of sp³-hybridized carbons (Fsp3) is 0.643. The molecule has 1 heterocycles. The number of aromatic nitrogens is 1. The van der Waals surface area contributed by atoms with Crippen LogP contribution in [0.5, 0.6) is 5.88 Å². The normalized spacial score (nSPS) is 10.5. The van der Waals surface area contributed by atoms with Gasteiger partial charge in [-0.1, -0.05) is 0 Å². The summed E-state index contributed by atoms with van der Waals surface area (Å²) < 4.78 is 20.8. The highest BCUT2D eigenvalue weighted by molar-refractivity contribution is 5.41. The van der Waals surface area contributed by atoms with E-state index >= 15 is 0 Å². The molecule has 0 radical (unpaired) electrons. The summed E-state index contributed by atoms with van der Waals surface area (Å²) in [7, 11) is 1.65. The van der Waals surface area contributed by atoms with Crippen LogP contribution in [0.3, 0.4) is 0 Å². The number of hydrogen-bond donors (Lipinski definition) is 1. The van der Waals surface area contributed by atoms with Crippen molar-refractivity contribution in [3.05, 3.63) is 18.3 Å². The number of hydrogen-bond acceptors (Lipinski definition) is 6. The molecule has 6 heteroatoms. The second kappa shape index (κ2) is 11.5. The quantitative estimate of drug-likeness (QED) is 0.588. The van der Waals surface area contributed by atoms with Crippen LogP contribution in [0.1, 0.15) is 6.92 Å². The Morgan fingerprint density at radius 2 is 1.80 bits per heavy atom. The first kappa shape index (κ1) is 16.7. The first-order valence-electron chi connectivity index (χ1n) is 6.84. The van der Waals surface area contributed by atoms with E-state index in [2.05, 4.69) is 10.3 Å². The molecule has 0 aliphatic heterocycles. The molecule has 1 rings (SSSR count). The third kappa shape index (κ3) is 7.93. The molecule has 1 N–H and O–H groups in total. The van der Waals surface area contributed by atoms with Crippen LogP contribution >= 0.6 is 0 Å². The predicted octanol–water partition coefficient (Wildman–Crippen LogP) is 1.57. The molecule has 0 spiro atoms. The van der Waals surface area contributed by atoms with Crippen LogP contribution in [0, 0.1) is 0 Å². The van der Waals surface area contributed by atoms with Gasteiger partial charge in [0.25, 0.3) is 0 Å². The van der Waals surface area contributed by atoms with Crippen LogP contribution in [0.15, 0.2) is 18.3 Å². The zero-order chi connectivity index (χ0) is 14.5. The first-order chi connectivity index (χ1) is 9.86. The maximum absolute atomic E-state index is 5.42. The van der Waals surface area contributed by atoms with E-state index in [1.54, 1.807) is 13.3 Å². The fourth-order valence-corrected chi connectivity index (χ4v) is 1.45. The van der Waals surface area contributed by atoms with Gasteiger partial charge in [0, 0.05) is 19.7 Å². The van der Waals surface area contributed by atoms with Crippen molar-refractivity contribution in [2.75, 3.05) is 58.6 Å². The summed E-state index contributed by atoms with van der Waals surface area (Å²) in [6.07, 6.45) is 1.75. The molecule has 0 fully saturated rings. The van der Waals surface area contributed by atoms with E-state index in [-0.39, 0.29) is 0 Å². The Morgan fingerprint density at radius 3 is 2.45 bits per heavy atom. The van der Waals surface area contributed by atoms with Gasteiger partial charge in [-0.2, -0.15) is 0 Å². The lowest BCUT2D eigenvalue weighted by Gasteiger charge is -2.08. The standard InChI is InChI=1S/C14H24N2O4/c1-3-20-14-5-4-13(12-16-14)15-6-7-18-10-11-19-9-8-17-2/h4-5,12,15H,3,6-11H2,1-2H3. The molecule has 0 bridgehead atoms. The Morgan fingerprint density at radius 1 is 1.05 bits per heavy atom. The minimum atomic E-state index is 0.590. The average molecular weight is 284 g/mol. The number of pyridine rings is 1. The summed E-state index contributed by atoms with van der Waals surface area (Å²) in [6, 6.07) is 3.78. The van der Waals surface area contributed by atoms with Gasteiger partial charge in [0.15, 0.2) is 0 Å². The highest BCUT2D eigenvalue weighted by Crippen LogP contribution is 2.10. The number of methoxy groups -OCH3 is 1. The van der Waals surface area contributed by atoms with Gasteiger partial charge in [0.2, 0.25) is 5.88 Å². The summed E-state index contributed by atoms with van der Waals surface area (Å²) in [5.74, 6) is 0.641. The molecule has 0 saturated carbocycles. The van der Waals surface area contributed by atoms with Crippen molar-refractivity contribution in [3.63, 3.8) is 0 Å². The Kier molecular flexibility index (Phi) is 9.56. The SMILES string of the molecule is CCOc1ccc(NCCOCCOCCOC)cn1. The third-order valence-corrected chi connectivity index (χ3v) is 2.41. The van der Waals surface area contributed by atoms with E-state index in [1.807, 2.05) is 19.1 Å². The second-order valence-electron chi connectivity index (χ2n) is 3.96. The van der Waals surface area contributed by atoms with Crippen molar-refractivity contribution in [2.24, 2.45) is 0 Å². The molecule has 114 valence electrons. The zero-order valence-electron chi connectivity index (χ0n) is 12.3. The average Bonchev–Trinajstić information content (AvgIpc) is 2.47. The number of nitrogens with one attached hydrogen (secondary N) is 1. The fourth-order valence-electron chi connectivity index (χ4n) is 1.45. The van der Waals surface area contributed by atoms with Crippen molar-refractivity contribution >= 4 is 5.69 Å². The molecule has 0 saturated heterocycles. The van der Waals surface area contributed by atoms with E-state index in [9.17, 15) is 0 Å². The van der Waals surface area contributed by atoms with Crippen molar-refractivity contribution in [2.45, 2.75) is 6.92 Å². The monoisotopic (exact) mass is 284 g/mol. The van der Waals surface area contributed by atoms with Crippen LogP contribution in [0.2, 0.25) is 0 Å². The van der Waals surface area contributed by atoms with Crippen LogP contribution in [0.4, 0.5) is 5.69 Å². The van der Waals surface area contributed by atoms with Gasteiger partial charge >= 0.3 is 0 Å². The summed E-state index contributed by atoms with van der Waals surface area (Å²) in [4.78, 5) is 4.17. The first-order valence-corrected chi connectivity index (χ1v) is 6.84. The van der Waals surface area contributed by atoms with Crippen molar-refractivity contribution < 1.29 is 18.9 Å². The van der Waals surface area contributed by atoms with Crippen LogP contribution in [-0.2, 0) is 14.2 Å². The van der Waals surface area contributed by atoms with E-state index < -0.39 is 0 Å². The Labute approximate surface area is 120 Å². The van der Waals surface area contributed by atoms with Crippen molar-refractivity contribution in [3.8, 4) is 5.88 Å². The lowest BCUT2D eigenvalue weighted by molar-refractivity contribution is 0.0272. The Hall–Kier alpha value is -1.37. The Balaban J connectivity index is 1.98. The molecule has 0 aromatic carbocycles. The lowest BCUT2D eigenvalue weighted by Crippen LogP contribution is -2.13. The molecule has 0 aliphatic carbocycles. The molecule has 0 unspecified atom stereocenters. The molecular weight excluding hydrogens is 260 g/mol.